The summed E-state index contributed by atoms with van der Waals surface area (Å²) in [5.41, 5.74) is 1.97. The van der Waals surface area contributed by atoms with Gasteiger partial charge < -0.3 is 19.0 Å². The maximum atomic E-state index is 12.6. The van der Waals surface area contributed by atoms with Gasteiger partial charge in [-0.15, -0.1) is 0 Å². The van der Waals surface area contributed by atoms with Crippen LogP contribution in [0.15, 0.2) is 18.3 Å². The zero-order valence-electron chi connectivity index (χ0n) is 15.0. The first-order chi connectivity index (χ1) is 11.8. The predicted molar refractivity (Wildman–Crippen MR) is 90.8 cm³/mol. The fraction of sp³-hybridized carbons (Fsp3) is 0.389. The van der Waals surface area contributed by atoms with Crippen molar-refractivity contribution in [1.29, 1.82) is 0 Å². The van der Waals surface area contributed by atoms with Crippen LogP contribution in [0.1, 0.15) is 56.4 Å². The van der Waals surface area contributed by atoms with Crippen LogP contribution in [0.25, 0.3) is 0 Å². The highest BCUT2D eigenvalue weighted by atomic mass is 16.5. The SMILES string of the molecule is CCOC(=O)c1c(C)[nH]c(C(=O)[C@@H](C)OC(=O)c2cccn2C)c1C. The molecular weight excluding hydrogens is 324 g/mol. The van der Waals surface area contributed by atoms with Gasteiger partial charge in [0.1, 0.15) is 5.69 Å². The van der Waals surface area contributed by atoms with Crippen LogP contribution in [-0.4, -0.2) is 40.0 Å². The summed E-state index contributed by atoms with van der Waals surface area (Å²) >= 11 is 0. The van der Waals surface area contributed by atoms with Gasteiger partial charge in [-0.1, -0.05) is 0 Å². The van der Waals surface area contributed by atoms with Crippen LogP contribution in [0.3, 0.4) is 0 Å². The van der Waals surface area contributed by atoms with E-state index in [1.807, 2.05) is 0 Å². The van der Waals surface area contributed by atoms with E-state index in [-0.39, 0.29) is 12.3 Å². The van der Waals surface area contributed by atoms with Gasteiger partial charge in [-0.2, -0.15) is 0 Å². The third-order valence-corrected chi connectivity index (χ3v) is 3.97. The first kappa shape index (κ1) is 18.5. The van der Waals surface area contributed by atoms with Gasteiger partial charge in [-0.05, 0) is 45.4 Å². The van der Waals surface area contributed by atoms with Crippen LogP contribution in [0.4, 0.5) is 0 Å². The van der Waals surface area contributed by atoms with Crippen LogP contribution in [-0.2, 0) is 16.5 Å². The number of carbonyl (C=O) groups excluding carboxylic acids is 3. The number of nitrogens with zero attached hydrogens (tertiary/aromatic N) is 1. The van der Waals surface area contributed by atoms with Crippen LogP contribution >= 0.6 is 0 Å². The highest BCUT2D eigenvalue weighted by Gasteiger charge is 2.28. The van der Waals surface area contributed by atoms with Crippen molar-refractivity contribution in [3.63, 3.8) is 0 Å². The van der Waals surface area contributed by atoms with Gasteiger partial charge in [0.05, 0.1) is 17.9 Å². The number of hydrogen-bond donors (Lipinski definition) is 1. The van der Waals surface area contributed by atoms with E-state index in [1.54, 1.807) is 50.7 Å². The minimum atomic E-state index is -0.991. The molecule has 0 aliphatic rings. The van der Waals surface area contributed by atoms with Crippen molar-refractivity contribution in [3.05, 3.63) is 46.5 Å². The fourth-order valence-corrected chi connectivity index (χ4v) is 2.66. The van der Waals surface area contributed by atoms with Crippen molar-refractivity contribution in [2.24, 2.45) is 7.05 Å². The van der Waals surface area contributed by atoms with E-state index in [0.29, 0.717) is 22.5 Å². The number of ketones is 1. The Morgan fingerprint density at radius 2 is 1.92 bits per heavy atom. The smallest absolute Gasteiger partial charge is 0.355 e. The quantitative estimate of drug-likeness (QED) is 0.641. The number of H-pyrrole nitrogens is 1. The Morgan fingerprint density at radius 3 is 2.48 bits per heavy atom. The van der Waals surface area contributed by atoms with Crippen molar-refractivity contribution in [1.82, 2.24) is 9.55 Å². The highest BCUT2D eigenvalue weighted by Crippen LogP contribution is 2.21. The molecule has 25 heavy (non-hydrogen) atoms. The zero-order valence-corrected chi connectivity index (χ0v) is 15.0. The number of esters is 2. The molecule has 1 atom stereocenters. The van der Waals surface area contributed by atoms with Crippen molar-refractivity contribution < 1.29 is 23.9 Å². The molecule has 0 bridgehead atoms. The Morgan fingerprint density at radius 1 is 1.24 bits per heavy atom. The van der Waals surface area contributed by atoms with Gasteiger partial charge in [0.25, 0.3) is 0 Å². The standard InChI is InChI=1S/C18H22N2O5/c1-6-24-18(23)14-10(2)15(19-11(14)3)16(21)12(4)25-17(22)13-8-7-9-20(13)5/h7-9,12,19H,6H2,1-5H3/t12-/m1/s1. The number of aromatic amines is 1. The number of aryl methyl sites for hydroxylation is 2. The molecule has 1 N–H and O–H groups in total. The predicted octanol–water partition coefficient (Wildman–Crippen LogP) is 2.57. The summed E-state index contributed by atoms with van der Waals surface area (Å²) < 4.78 is 11.9. The fourth-order valence-electron chi connectivity index (χ4n) is 2.66. The molecule has 0 fully saturated rings. The molecule has 2 aromatic rings. The second kappa shape index (κ2) is 7.38. The van der Waals surface area contributed by atoms with Gasteiger partial charge in [-0.25, -0.2) is 9.59 Å². The van der Waals surface area contributed by atoms with Gasteiger partial charge in [0.15, 0.2) is 6.10 Å². The molecule has 134 valence electrons. The number of ether oxygens (including phenoxy) is 2. The molecule has 7 nitrogen and oxygen atoms in total. The minimum absolute atomic E-state index is 0.243. The van der Waals surface area contributed by atoms with E-state index in [9.17, 15) is 14.4 Å². The second-order valence-corrected chi connectivity index (χ2v) is 5.76. The normalized spacial score (nSPS) is 11.9. The van der Waals surface area contributed by atoms with E-state index in [0.717, 1.165) is 0 Å². The Hall–Kier alpha value is -2.83. The van der Waals surface area contributed by atoms with E-state index in [1.165, 1.54) is 6.92 Å². The zero-order chi connectivity index (χ0) is 18.7. The number of hydrogen-bond acceptors (Lipinski definition) is 5. The first-order valence-corrected chi connectivity index (χ1v) is 8.00. The third kappa shape index (κ3) is 3.65. The summed E-state index contributed by atoms with van der Waals surface area (Å²) in [5, 5.41) is 0. The number of Topliss-reactive ketones (excluding diaryl/α,β-unsaturated/α-hetero) is 1. The van der Waals surface area contributed by atoms with E-state index >= 15 is 0 Å². The molecule has 0 radical (unpaired) electrons. The molecule has 0 aromatic carbocycles. The average Bonchev–Trinajstić information content (AvgIpc) is 3.10. The lowest BCUT2D eigenvalue weighted by atomic mass is 10.1. The molecule has 0 saturated carbocycles. The monoisotopic (exact) mass is 346 g/mol. The molecule has 0 aliphatic heterocycles. The number of carbonyl (C=O) groups is 3. The molecule has 7 heteroatoms. The summed E-state index contributed by atoms with van der Waals surface area (Å²) in [4.78, 5) is 39.7. The van der Waals surface area contributed by atoms with Gasteiger partial charge in [0, 0.05) is 18.9 Å². The molecule has 0 spiro atoms. The molecule has 2 heterocycles. The molecule has 0 amide bonds. The molecule has 0 saturated heterocycles. The van der Waals surface area contributed by atoms with Gasteiger partial charge in [-0.3, -0.25) is 4.79 Å². The third-order valence-electron chi connectivity index (χ3n) is 3.97. The number of nitrogens with one attached hydrogen (secondary N) is 1. The Kier molecular flexibility index (Phi) is 5.46. The van der Waals surface area contributed by atoms with Crippen molar-refractivity contribution in [2.75, 3.05) is 6.61 Å². The maximum Gasteiger partial charge on any atom is 0.355 e. The lowest BCUT2D eigenvalue weighted by Crippen LogP contribution is -2.26. The van der Waals surface area contributed by atoms with Crippen LogP contribution < -0.4 is 0 Å². The van der Waals surface area contributed by atoms with E-state index in [4.69, 9.17) is 9.47 Å². The minimum Gasteiger partial charge on any atom is -0.462 e. The van der Waals surface area contributed by atoms with E-state index < -0.39 is 23.8 Å². The topological polar surface area (TPSA) is 90.4 Å². The Balaban J connectivity index is 2.20. The number of rotatable bonds is 6. The number of aromatic nitrogens is 2. The Labute approximate surface area is 145 Å². The van der Waals surface area contributed by atoms with Crippen LogP contribution in [0.2, 0.25) is 0 Å². The lowest BCUT2D eigenvalue weighted by molar-refractivity contribution is 0.0307. The molecule has 0 unspecified atom stereocenters. The summed E-state index contributed by atoms with van der Waals surface area (Å²) in [5.74, 6) is -1.47. The van der Waals surface area contributed by atoms with Crippen molar-refractivity contribution in [2.45, 2.75) is 33.8 Å². The summed E-state index contributed by atoms with van der Waals surface area (Å²) in [6.07, 6.45) is 0.724. The van der Waals surface area contributed by atoms with Crippen LogP contribution in [0, 0.1) is 13.8 Å². The van der Waals surface area contributed by atoms with E-state index in [2.05, 4.69) is 4.98 Å². The average molecular weight is 346 g/mol. The summed E-state index contributed by atoms with van der Waals surface area (Å²) in [6.45, 7) is 6.82. The second-order valence-electron chi connectivity index (χ2n) is 5.76. The largest absolute Gasteiger partial charge is 0.462 e. The molecule has 2 aromatic heterocycles. The van der Waals surface area contributed by atoms with Crippen LogP contribution in [0.5, 0.6) is 0 Å². The van der Waals surface area contributed by atoms with Crippen molar-refractivity contribution in [3.8, 4) is 0 Å². The maximum absolute atomic E-state index is 12.6. The summed E-state index contributed by atoms with van der Waals surface area (Å²) in [7, 11) is 1.72. The van der Waals surface area contributed by atoms with Gasteiger partial charge >= 0.3 is 11.9 Å². The van der Waals surface area contributed by atoms with Crippen molar-refractivity contribution >= 4 is 17.7 Å². The molecule has 2 rings (SSSR count). The molecular formula is C18H22N2O5. The lowest BCUT2D eigenvalue weighted by Gasteiger charge is -2.12. The summed E-state index contributed by atoms with van der Waals surface area (Å²) in [6, 6.07) is 3.33. The molecule has 0 aliphatic carbocycles. The first-order valence-electron chi connectivity index (χ1n) is 8.00. The Bertz CT molecular complexity index is 816. The van der Waals surface area contributed by atoms with Gasteiger partial charge in [0.2, 0.25) is 5.78 Å². The highest BCUT2D eigenvalue weighted by molar-refractivity contribution is 6.04.